The molecule has 0 bridgehead atoms. The molecule has 3 rings (SSSR count). The molecule has 1 aliphatic heterocycles. The Balaban J connectivity index is 1.90. The Morgan fingerprint density at radius 2 is 1.84 bits per heavy atom. The van der Waals surface area contributed by atoms with E-state index in [0.29, 0.717) is 15.6 Å². The molecule has 0 spiro atoms. The van der Waals surface area contributed by atoms with Gasteiger partial charge in [0.15, 0.2) is 16.7 Å². The fourth-order valence-electron chi connectivity index (χ4n) is 2.65. The zero-order valence-electron chi connectivity index (χ0n) is 17.1. The van der Waals surface area contributed by atoms with Crippen LogP contribution in [0.5, 0.6) is 17.2 Å². The number of hydroxylamine groups is 2. The van der Waals surface area contributed by atoms with Crippen LogP contribution in [0.4, 0.5) is 13.2 Å². The Morgan fingerprint density at radius 1 is 1.12 bits per heavy atom. The highest BCUT2D eigenvalue weighted by atomic mass is 32.2. The molecule has 0 unspecified atom stereocenters. The minimum absolute atomic E-state index is 0.0336. The number of rotatable bonds is 5. The molecule has 2 aromatic carbocycles. The topological polar surface area (TPSA) is 84.2 Å². The number of alkyl halides is 3. The summed E-state index contributed by atoms with van der Waals surface area (Å²) in [5.74, 6) is -0.725. The van der Waals surface area contributed by atoms with Crippen LogP contribution in [0.25, 0.3) is 6.08 Å². The smallest absolute Gasteiger partial charge is 0.420 e. The van der Waals surface area contributed by atoms with Crippen LogP contribution in [0.1, 0.15) is 16.7 Å². The molecule has 166 valence electrons. The van der Waals surface area contributed by atoms with Crippen LogP contribution < -0.4 is 9.47 Å². The minimum atomic E-state index is -4.72. The van der Waals surface area contributed by atoms with Gasteiger partial charge >= 0.3 is 6.18 Å². The minimum Gasteiger partial charge on any atom is -0.493 e. The van der Waals surface area contributed by atoms with Gasteiger partial charge in [0, 0.05) is 7.05 Å². The fraction of sp³-hybridized carbons (Fsp3) is 0.190. The van der Waals surface area contributed by atoms with Crippen molar-refractivity contribution in [1.82, 2.24) is 5.06 Å². The van der Waals surface area contributed by atoms with E-state index in [1.54, 1.807) is 25.3 Å². The van der Waals surface area contributed by atoms with E-state index in [2.05, 4.69) is 4.99 Å². The number of aliphatic imine (C=N–C) groups is 1. The van der Waals surface area contributed by atoms with Crippen molar-refractivity contribution in [3.05, 3.63) is 58.0 Å². The molecule has 0 radical (unpaired) electrons. The number of amidine groups is 1. The molecule has 0 aromatic heterocycles. The normalized spacial score (nSPS) is 14.8. The van der Waals surface area contributed by atoms with Gasteiger partial charge in [0.25, 0.3) is 5.91 Å². The summed E-state index contributed by atoms with van der Waals surface area (Å²) in [6.07, 6.45) is -3.14. The Hall–Kier alpha value is -3.49. The molecule has 7 nitrogen and oxygen atoms in total. The van der Waals surface area contributed by atoms with Gasteiger partial charge in [-0.2, -0.15) is 23.4 Å². The summed E-state index contributed by atoms with van der Waals surface area (Å²) in [7, 11) is 4.39. The van der Waals surface area contributed by atoms with Crippen LogP contribution >= 0.6 is 11.8 Å². The highest BCUT2D eigenvalue weighted by Crippen LogP contribution is 2.41. The van der Waals surface area contributed by atoms with Gasteiger partial charge < -0.3 is 9.47 Å². The van der Waals surface area contributed by atoms with Gasteiger partial charge in [-0.15, -0.1) is 0 Å². The second-order valence-electron chi connectivity index (χ2n) is 6.32. The third-order valence-corrected chi connectivity index (χ3v) is 5.32. The van der Waals surface area contributed by atoms with E-state index in [1.165, 1.54) is 37.5 Å². The first-order chi connectivity index (χ1) is 15.2. The average Bonchev–Trinajstić information content (AvgIpc) is 3.13. The summed E-state index contributed by atoms with van der Waals surface area (Å²) in [5, 5.41) is 10.6. The Bertz CT molecular complexity index is 1160. The number of thioether (sulfide) groups is 1. The second kappa shape index (κ2) is 9.33. The zero-order valence-corrected chi connectivity index (χ0v) is 17.9. The maximum absolute atomic E-state index is 13.4. The lowest BCUT2D eigenvalue weighted by Gasteiger charge is -2.16. The summed E-state index contributed by atoms with van der Waals surface area (Å²) in [6, 6.07) is 9.21. The quantitative estimate of drug-likeness (QED) is 0.463. The van der Waals surface area contributed by atoms with Crippen molar-refractivity contribution in [3.63, 3.8) is 0 Å². The average molecular weight is 463 g/mol. The molecular weight excluding hydrogens is 447 g/mol. The first kappa shape index (κ1) is 23.2. The highest BCUT2D eigenvalue weighted by Gasteiger charge is 2.35. The number of hydrogen-bond donors (Lipinski definition) is 0. The summed E-state index contributed by atoms with van der Waals surface area (Å²) >= 11 is 1.11. The van der Waals surface area contributed by atoms with E-state index in [-0.39, 0.29) is 17.1 Å². The summed E-state index contributed by atoms with van der Waals surface area (Å²) in [4.78, 5) is 21.3. The van der Waals surface area contributed by atoms with Crippen molar-refractivity contribution in [2.24, 2.45) is 4.99 Å². The van der Waals surface area contributed by atoms with Crippen LogP contribution in [-0.2, 0) is 15.8 Å². The number of amides is 1. The number of ether oxygens (including phenoxy) is 2. The third kappa shape index (κ3) is 5.04. The van der Waals surface area contributed by atoms with Crippen molar-refractivity contribution in [1.29, 1.82) is 5.26 Å². The first-order valence-electron chi connectivity index (χ1n) is 8.94. The lowest BCUT2D eigenvalue weighted by molar-refractivity contribution is -0.138. The van der Waals surface area contributed by atoms with E-state index in [1.807, 2.05) is 0 Å². The third-order valence-electron chi connectivity index (χ3n) is 4.27. The molecular formula is C21H16F3N3O4S. The number of benzene rings is 2. The van der Waals surface area contributed by atoms with Gasteiger partial charge in [0.2, 0.25) is 0 Å². The monoisotopic (exact) mass is 463 g/mol. The molecule has 0 aliphatic carbocycles. The number of carbonyl (C=O) groups is 1. The molecule has 32 heavy (non-hydrogen) atoms. The van der Waals surface area contributed by atoms with Crippen LogP contribution in [0.3, 0.4) is 0 Å². The summed E-state index contributed by atoms with van der Waals surface area (Å²) < 4.78 is 51.0. The number of nitrogens with zero attached hydrogens (tertiary/aromatic N) is 3. The van der Waals surface area contributed by atoms with Gasteiger partial charge in [0.1, 0.15) is 5.75 Å². The molecule has 0 fully saturated rings. The zero-order chi connectivity index (χ0) is 23.5. The van der Waals surface area contributed by atoms with Crippen molar-refractivity contribution in [2.75, 3.05) is 21.3 Å². The molecule has 1 amide bonds. The van der Waals surface area contributed by atoms with E-state index in [9.17, 15) is 18.0 Å². The molecule has 1 aliphatic rings. The predicted octanol–water partition coefficient (Wildman–Crippen LogP) is 4.84. The van der Waals surface area contributed by atoms with Crippen LogP contribution in [0.15, 0.2) is 46.3 Å². The van der Waals surface area contributed by atoms with Crippen LogP contribution in [0, 0.1) is 11.3 Å². The van der Waals surface area contributed by atoms with E-state index >= 15 is 0 Å². The molecule has 0 atom stereocenters. The fourth-order valence-corrected chi connectivity index (χ4v) is 3.51. The number of halogens is 3. The van der Waals surface area contributed by atoms with E-state index in [4.69, 9.17) is 19.6 Å². The highest BCUT2D eigenvalue weighted by molar-refractivity contribution is 8.18. The SMILES string of the molecule is COc1cc(/C=C2\SC(N(C)OC)=NC2=O)ccc1Oc1ccc(C#N)cc1C(F)(F)F. The Kier molecular flexibility index (Phi) is 6.76. The van der Waals surface area contributed by atoms with Gasteiger partial charge in [-0.1, -0.05) is 6.07 Å². The number of carbonyl (C=O) groups excluding carboxylic acids is 1. The first-order valence-corrected chi connectivity index (χ1v) is 9.75. The van der Waals surface area contributed by atoms with Gasteiger partial charge in [0.05, 0.1) is 36.3 Å². The van der Waals surface area contributed by atoms with Gasteiger partial charge in [-0.05, 0) is 53.7 Å². The van der Waals surface area contributed by atoms with E-state index < -0.39 is 23.4 Å². The molecule has 1 heterocycles. The standard InChI is InChI=1S/C21H16F3N3O4S/c1-27(30-3)20-26-19(28)18(32-20)10-12-4-7-16(17(9-12)29-2)31-15-6-5-13(11-25)8-14(15)21(22,23)24/h4-10H,1-3H3/b18-10-. The maximum atomic E-state index is 13.4. The lowest BCUT2D eigenvalue weighted by Crippen LogP contribution is -2.21. The number of methoxy groups -OCH3 is 1. The number of hydrogen-bond acceptors (Lipinski definition) is 7. The van der Waals surface area contributed by atoms with Gasteiger partial charge in [-0.25, -0.2) is 5.06 Å². The molecule has 0 saturated carbocycles. The number of nitriles is 1. The predicted molar refractivity (Wildman–Crippen MR) is 112 cm³/mol. The largest absolute Gasteiger partial charge is 0.493 e. The van der Waals surface area contributed by atoms with E-state index in [0.717, 1.165) is 23.9 Å². The molecule has 0 N–H and O–H groups in total. The van der Waals surface area contributed by atoms with Crippen molar-refractivity contribution in [2.45, 2.75) is 6.18 Å². The molecule has 11 heteroatoms. The molecule has 2 aromatic rings. The lowest BCUT2D eigenvalue weighted by atomic mass is 10.1. The van der Waals surface area contributed by atoms with Crippen LogP contribution in [-0.4, -0.2) is 37.4 Å². The Morgan fingerprint density at radius 3 is 2.47 bits per heavy atom. The van der Waals surface area contributed by atoms with Gasteiger partial charge in [-0.3, -0.25) is 9.63 Å². The second-order valence-corrected chi connectivity index (χ2v) is 7.33. The van der Waals surface area contributed by atoms with Crippen molar-refractivity contribution < 1.29 is 32.3 Å². The van der Waals surface area contributed by atoms with Crippen molar-refractivity contribution >= 4 is 28.9 Å². The van der Waals surface area contributed by atoms with Crippen molar-refractivity contribution in [3.8, 4) is 23.3 Å². The van der Waals surface area contributed by atoms with Crippen LogP contribution in [0.2, 0.25) is 0 Å². The maximum Gasteiger partial charge on any atom is 0.420 e. The summed E-state index contributed by atoms with van der Waals surface area (Å²) in [6.45, 7) is 0. The Labute approximate surface area is 185 Å². The molecule has 0 saturated heterocycles. The summed E-state index contributed by atoms with van der Waals surface area (Å²) in [5.41, 5.74) is -0.666.